The van der Waals surface area contributed by atoms with E-state index in [2.05, 4.69) is 48.7 Å². The van der Waals surface area contributed by atoms with Gasteiger partial charge >= 0.3 is 0 Å². The first kappa shape index (κ1) is 20.5. The summed E-state index contributed by atoms with van der Waals surface area (Å²) in [6.45, 7) is 4.48. The summed E-state index contributed by atoms with van der Waals surface area (Å²) in [5.41, 5.74) is 2.92. The van der Waals surface area contributed by atoms with E-state index in [1.807, 2.05) is 38.1 Å². The van der Waals surface area contributed by atoms with Crippen LogP contribution >= 0.6 is 15.9 Å². The largest absolute Gasteiger partial charge is 0.355 e. The van der Waals surface area contributed by atoms with Gasteiger partial charge in [-0.25, -0.2) is 4.98 Å². The monoisotopic (exact) mass is 482 g/mol. The number of amides is 2. The molecule has 2 amide bonds. The maximum atomic E-state index is 13.3. The lowest BCUT2D eigenvalue weighted by molar-refractivity contribution is -0.132. The van der Waals surface area contributed by atoms with E-state index in [1.54, 1.807) is 0 Å². The van der Waals surface area contributed by atoms with Crippen molar-refractivity contribution in [1.29, 1.82) is 0 Å². The minimum Gasteiger partial charge on any atom is -0.355 e. The van der Waals surface area contributed by atoms with Crippen LogP contribution in [-0.2, 0) is 16.0 Å². The van der Waals surface area contributed by atoms with E-state index in [4.69, 9.17) is 0 Å². The molecule has 1 aromatic carbocycles. The number of allylic oxidation sites excluding steroid dienone is 2. The van der Waals surface area contributed by atoms with Crippen molar-refractivity contribution in [3.8, 4) is 0 Å². The fourth-order valence-electron chi connectivity index (χ4n) is 5.63. The van der Waals surface area contributed by atoms with Crippen molar-refractivity contribution < 1.29 is 9.59 Å². The first-order chi connectivity index (χ1) is 14.9. The molecule has 1 heterocycles. The number of anilines is 1. The van der Waals surface area contributed by atoms with Gasteiger partial charge in [-0.05, 0) is 68.2 Å². The number of aryl methyl sites for hydroxylation is 2. The summed E-state index contributed by atoms with van der Waals surface area (Å²) in [5.74, 6) is 0.487. The molecule has 7 heteroatoms. The van der Waals surface area contributed by atoms with E-state index in [9.17, 15) is 9.59 Å². The normalized spacial score (nSPS) is 26.9. The number of benzene rings is 1. The highest BCUT2D eigenvalue weighted by Crippen LogP contribution is 2.72. The third-order valence-electron chi connectivity index (χ3n) is 7.40. The SMILES string of the molecule is Cc1nc(CCNC(=O)[C@H]2[C@H](C(=O)Nc3ccc(Br)cc3)[C@@H]3C=C[C@H]2C32CC2)[nH]c1C. The van der Waals surface area contributed by atoms with Gasteiger partial charge in [-0.2, -0.15) is 0 Å². The minimum atomic E-state index is -0.325. The molecule has 2 aromatic rings. The van der Waals surface area contributed by atoms with Crippen LogP contribution in [0.5, 0.6) is 0 Å². The summed E-state index contributed by atoms with van der Waals surface area (Å²) < 4.78 is 0.962. The zero-order chi connectivity index (χ0) is 21.8. The molecule has 5 rings (SSSR count). The number of aromatic amines is 1. The molecule has 1 spiro atoms. The smallest absolute Gasteiger partial charge is 0.228 e. The molecule has 2 bridgehead atoms. The number of H-pyrrole nitrogens is 1. The Balaban J connectivity index is 1.29. The second-order valence-corrected chi connectivity index (χ2v) is 10.1. The zero-order valence-electron chi connectivity index (χ0n) is 17.7. The maximum Gasteiger partial charge on any atom is 0.228 e. The Morgan fingerprint density at radius 2 is 1.74 bits per heavy atom. The number of carbonyl (C=O) groups is 2. The van der Waals surface area contributed by atoms with E-state index in [-0.39, 0.29) is 40.9 Å². The number of rotatable bonds is 6. The molecule has 0 unspecified atom stereocenters. The first-order valence-corrected chi connectivity index (χ1v) is 11.7. The van der Waals surface area contributed by atoms with E-state index in [1.165, 1.54) is 0 Å². The lowest BCUT2D eigenvalue weighted by Gasteiger charge is -2.26. The maximum absolute atomic E-state index is 13.3. The number of hydrogen-bond donors (Lipinski definition) is 3. The Hall–Kier alpha value is -2.41. The van der Waals surface area contributed by atoms with E-state index in [0.29, 0.717) is 13.0 Å². The molecule has 2 saturated carbocycles. The average molecular weight is 483 g/mol. The van der Waals surface area contributed by atoms with Crippen LogP contribution < -0.4 is 10.6 Å². The zero-order valence-corrected chi connectivity index (χ0v) is 19.3. The van der Waals surface area contributed by atoms with Crippen LogP contribution in [0, 0.1) is 42.9 Å². The number of aromatic nitrogens is 2. The number of carbonyl (C=O) groups excluding carboxylic acids is 2. The molecule has 162 valence electrons. The second-order valence-electron chi connectivity index (χ2n) is 9.15. The summed E-state index contributed by atoms with van der Waals surface area (Å²) in [5, 5.41) is 6.14. The van der Waals surface area contributed by atoms with Crippen LogP contribution in [0.15, 0.2) is 40.9 Å². The number of nitrogens with zero attached hydrogens (tertiary/aromatic N) is 1. The van der Waals surface area contributed by atoms with E-state index in [0.717, 1.165) is 40.2 Å². The number of imidazole rings is 1. The molecular weight excluding hydrogens is 456 g/mol. The number of nitrogens with one attached hydrogen (secondary N) is 3. The quantitative estimate of drug-likeness (QED) is 0.545. The van der Waals surface area contributed by atoms with Crippen LogP contribution in [-0.4, -0.2) is 28.3 Å². The molecule has 0 radical (unpaired) electrons. The lowest BCUT2D eigenvalue weighted by Crippen LogP contribution is -2.42. The van der Waals surface area contributed by atoms with Crippen molar-refractivity contribution in [2.75, 3.05) is 11.9 Å². The van der Waals surface area contributed by atoms with Gasteiger partial charge in [0.1, 0.15) is 5.82 Å². The lowest BCUT2D eigenvalue weighted by atomic mass is 9.81. The number of halogens is 1. The van der Waals surface area contributed by atoms with Crippen molar-refractivity contribution >= 4 is 33.4 Å². The predicted molar refractivity (Wildman–Crippen MR) is 122 cm³/mol. The Kier molecular flexibility index (Phi) is 5.04. The fraction of sp³-hybridized carbons (Fsp3) is 0.458. The van der Waals surface area contributed by atoms with Gasteiger partial charge in [-0.15, -0.1) is 0 Å². The Bertz CT molecular complexity index is 1030. The molecule has 1 aromatic heterocycles. The first-order valence-electron chi connectivity index (χ1n) is 10.9. The Morgan fingerprint density at radius 3 is 2.32 bits per heavy atom. The van der Waals surface area contributed by atoms with Gasteiger partial charge in [-0.1, -0.05) is 28.1 Å². The van der Waals surface area contributed by atoms with Gasteiger partial charge in [0.15, 0.2) is 0 Å². The van der Waals surface area contributed by atoms with Gasteiger partial charge in [0.2, 0.25) is 11.8 Å². The summed E-state index contributed by atoms with van der Waals surface area (Å²) in [6, 6.07) is 7.56. The van der Waals surface area contributed by atoms with Crippen molar-refractivity contribution in [3.63, 3.8) is 0 Å². The molecule has 6 nitrogen and oxygen atoms in total. The predicted octanol–water partition coefficient (Wildman–Crippen LogP) is 3.91. The number of hydrogen-bond acceptors (Lipinski definition) is 3. The average Bonchev–Trinajstić information content (AvgIpc) is 3.30. The van der Waals surface area contributed by atoms with Crippen LogP contribution in [0.1, 0.15) is 30.1 Å². The van der Waals surface area contributed by atoms with Gasteiger partial charge in [0.25, 0.3) is 0 Å². The van der Waals surface area contributed by atoms with E-state index >= 15 is 0 Å². The molecule has 2 fully saturated rings. The third kappa shape index (κ3) is 3.53. The summed E-state index contributed by atoms with van der Waals surface area (Å²) in [4.78, 5) is 34.3. The summed E-state index contributed by atoms with van der Waals surface area (Å²) in [7, 11) is 0. The Labute approximate surface area is 190 Å². The highest BCUT2D eigenvalue weighted by Gasteiger charge is 2.69. The molecule has 3 aliphatic rings. The topological polar surface area (TPSA) is 86.9 Å². The third-order valence-corrected chi connectivity index (χ3v) is 7.93. The van der Waals surface area contributed by atoms with E-state index < -0.39 is 0 Å². The molecule has 0 aliphatic heterocycles. The van der Waals surface area contributed by atoms with Crippen molar-refractivity contribution in [1.82, 2.24) is 15.3 Å². The summed E-state index contributed by atoms with van der Waals surface area (Å²) >= 11 is 3.42. The minimum absolute atomic E-state index is 0.0147. The molecule has 3 aliphatic carbocycles. The molecule has 0 saturated heterocycles. The van der Waals surface area contributed by atoms with Gasteiger partial charge in [0, 0.05) is 28.8 Å². The van der Waals surface area contributed by atoms with Gasteiger partial charge < -0.3 is 15.6 Å². The van der Waals surface area contributed by atoms with Crippen molar-refractivity contribution in [2.24, 2.45) is 29.1 Å². The fourth-order valence-corrected chi connectivity index (χ4v) is 5.89. The van der Waals surface area contributed by atoms with Crippen LogP contribution in [0.2, 0.25) is 0 Å². The van der Waals surface area contributed by atoms with Crippen LogP contribution in [0.3, 0.4) is 0 Å². The van der Waals surface area contributed by atoms with Gasteiger partial charge in [0.05, 0.1) is 17.5 Å². The molecule has 31 heavy (non-hydrogen) atoms. The molecular formula is C24H27BrN4O2. The Morgan fingerprint density at radius 1 is 1.10 bits per heavy atom. The highest BCUT2D eigenvalue weighted by atomic mass is 79.9. The van der Waals surface area contributed by atoms with Crippen molar-refractivity contribution in [3.05, 3.63) is 58.1 Å². The van der Waals surface area contributed by atoms with Crippen LogP contribution in [0.4, 0.5) is 5.69 Å². The standard InChI is InChI=1S/C24H27BrN4O2/c1-13-14(2)28-19(27-13)9-12-26-22(30)20-17-7-8-18(24(17)10-11-24)21(20)23(31)29-16-5-3-15(25)4-6-16/h3-8,17-18,20-21H,9-12H2,1-2H3,(H,26,30)(H,27,28)(H,29,31)/t17-,18+,20-,21-/m1/s1. The highest BCUT2D eigenvalue weighted by molar-refractivity contribution is 9.10. The summed E-state index contributed by atoms with van der Waals surface area (Å²) in [6.07, 6.45) is 7.22. The second kappa shape index (κ2) is 7.62. The van der Waals surface area contributed by atoms with Crippen molar-refractivity contribution in [2.45, 2.75) is 33.1 Å². The van der Waals surface area contributed by atoms with Crippen LogP contribution in [0.25, 0.3) is 0 Å². The molecule has 3 N–H and O–H groups in total. The molecule has 4 atom stereocenters. The van der Waals surface area contributed by atoms with Gasteiger partial charge in [-0.3, -0.25) is 9.59 Å².